The number of hydrogen-bond acceptors (Lipinski definition) is 4. The number of rotatable bonds is 6. The lowest BCUT2D eigenvalue weighted by atomic mass is 10.2. The molecule has 1 amide bonds. The number of nitrogens with zero attached hydrogens (tertiary/aromatic N) is 1. The first kappa shape index (κ1) is 17.7. The third-order valence-electron chi connectivity index (χ3n) is 3.22. The maximum atomic E-state index is 12.8. The van der Waals surface area contributed by atoms with Gasteiger partial charge in [-0.15, -0.1) is 0 Å². The fraction of sp³-hybridized carbons (Fsp3) is 0.0556. The summed E-state index contributed by atoms with van der Waals surface area (Å²) < 4.78 is 12.8. The van der Waals surface area contributed by atoms with Gasteiger partial charge in [0.05, 0.1) is 5.56 Å². The summed E-state index contributed by atoms with van der Waals surface area (Å²) in [5.74, 6) is -2.04. The molecule has 3 N–H and O–H groups in total. The Morgan fingerprint density at radius 2 is 1.76 bits per heavy atom. The summed E-state index contributed by atoms with van der Waals surface area (Å²) >= 11 is 0. The summed E-state index contributed by atoms with van der Waals surface area (Å²) in [6.07, 6.45) is 1.27. The fourth-order valence-corrected chi connectivity index (χ4v) is 1.92. The third kappa shape index (κ3) is 5.18. The summed E-state index contributed by atoms with van der Waals surface area (Å²) in [4.78, 5) is 22.8. The molecule has 7 heteroatoms. The lowest BCUT2D eigenvalue weighted by Gasteiger charge is -2.06. The number of carboxylic acid groups (broad SMARTS) is 1. The van der Waals surface area contributed by atoms with Crippen LogP contribution in [0.25, 0.3) is 0 Å². The molecule has 2 aromatic rings. The first-order valence-corrected chi connectivity index (χ1v) is 7.22. The van der Waals surface area contributed by atoms with E-state index in [0.29, 0.717) is 12.2 Å². The molecular weight excluding hydrogens is 325 g/mol. The Morgan fingerprint density at radius 1 is 1.12 bits per heavy atom. The van der Waals surface area contributed by atoms with Crippen LogP contribution in [0.1, 0.15) is 15.9 Å². The number of carboxylic acids is 1. The molecule has 2 rings (SSSR count). The van der Waals surface area contributed by atoms with Crippen molar-refractivity contribution in [2.24, 2.45) is 0 Å². The number of carbonyl (C=O) groups excluding carboxylic acids is 1. The molecule has 0 aliphatic heterocycles. The average molecular weight is 339 g/mol. The number of amides is 1. The van der Waals surface area contributed by atoms with Crippen LogP contribution in [0.4, 0.5) is 10.1 Å². The highest BCUT2D eigenvalue weighted by Gasteiger charge is 2.10. The molecule has 0 unspecified atom stereocenters. The van der Waals surface area contributed by atoms with Crippen LogP contribution >= 0.6 is 0 Å². The number of benzene rings is 2. The minimum atomic E-state index is -1.07. The number of carbonyl (C=O) groups is 2. The zero-order chi connectivity index (χ0) is 18.2. The van der Waals surface area contributed by atoms with E-state index in [4.69, 9.17) is 10.4 Å². The molecule has 0 bridgehead atoms. The molecule has 6 nitrogen and oxygen atoms in total. The van der Waals surface area contributed by atoms with Crippen LogP contribution in [-0.4, -0.2) is 17.0 Å². The number of aromatic carboxylic acids is 1. The van der Waals surface area contributed by atoms with E-state index in [1.54, 1.807) is 18.2 Å². The lowest BCUT2D eigenvalue weighted by molar-refractivity contribution is -0.112. The van der Waals surface area contributed by atoms with Gasteiger partial charge in [0.1, 0.15) is 17.5 Å². The zero-order valence-corrected chi connectivity index (χ0v) is 13.0. The molecule has 0 radical (unpaired) electrons. The fourth-order valence-electron chi connectivity index (χ4n) is 1.92. The lowest BCUT2D eigenvalue weighted by Crippen LogP contribution is -2.16. The summed E-state index contributed by atoms with van der Waals surface area (Å²) in [5, 5.41) is 23.2. The molecule has 126 valence electrons. The first-order valence-electron chi connectivity index (χ1n) is 7.22. The van der Waals surface area contributed by atoms with Gasteiger partial charge in [0, 0.05) is 18.4 Å². The monoisotopic (exact) mass is 339 g/mol. The van der Waals surface area contributed by atoms with Gasteiger partial charge in [0.15, 0.2) is 0 Å². The molecule has 0 atom stereocenters. The second kappa shape index (κ2) is 8.26. The Morgan fingerprint density at radius 3 is 2.32 bits per heavy atom. The first-order chi connectivity index (χ1) is 12.0. The minimum absolute atomic E-state index is 0.0926. The predicted molar refractivity (Wildman–Crippen MR) is 89.0 cm³/mol. The second-order valence-electron chi connectivity index (χ2n) is 5.01. The van der Waals surface area contributed by atoms with Crippen LogP contribution in [0.2, 0.25) is 0 Å². The van der Waals surface area contributed by atoms with Crippen LogP contribution in [0, 0.1) is 17.1 Å². The van der Waals surface area contributed by atoms with Crippen molar-refractivity contribution < 1.29 is 19.1 Å². The Kier molecular flexibility index (Phi) is 5.85. The summed E-state index contributed by atoms with van der Waals surface area (Å²) in [7, 11) is 0. The molecule has 0 spiro atoms. The summed E-state index contributed by atoms with van der Waals surface area (Å²) in [6, 6.07) is 13.2. The van der Waals surface area contributed by atoms with Crippen LogP contribution < -0.4 is 10.6 Å². The van der Waals surface area contributed by atoms with Crippen LogP contribution in [0.15, 0.2) is 60.3 Å². The average Bonchev–Trinajstić information content (AvgIpc) is 2.60. The Labute approximate surface area is 143 Å². The molecule has 0 fully saturated rings. The van der Waals surface area contributed by atoms with Gasteiger partial charge in [-0.3, -0.25) is 4.79 Å². The molecule has 0 saturated carbocycles. The van der Waals surface area contributed by atoms with Gasteiger partial charge in [-0.25, -0.2) is 9.18 Å². The van der Waals surface area contributed by atoms with Gasteiger partial charge in [-0.05, 0) is 42.0 Å². The van der Waals surface area contributed by atoms with E-state index < -0.39 is 11.9 Å². The smallest absolute Gasteiger partial charge is 0.335 e. The van der Waals surface area contributed by atoms with E-state index in [9.17, 15) is 14.0 Å². The highest BCUT2D eigenvalue weighted by atomic mass is 19.1. The maximum Gasteiger partial charge on any atom is 0.335 e. The highest BCUT2D eigenvalue weighted by molar-refractivity contribution is 6.06. The van der Waals surface area contributed by atoms with Crippen molar-refractivity contribution in [3.63, 3.8) is 0 Å². The number of nitriles is 1. The predicted octanol–water partition coefficient (Wildman–Crippen LogP) is 2.66. The van der Waals surface area contributed by atoms with Crippen LogP contribution in [-0.2, 0) is 11.3 Å². The van der Waals surface area contributed by atoms with Gasteiger partial charge < -0.3 is 15.7 Å². The third-order valence-corrected chi connectivity index (χ3v) is 3.22. The molecule has 2 aromatic carbocycles. The van der Waals surface area contributed by atoms with Gasteiger partial charge in [-0.2, -0.15) is 5.26 Å². The summed E-state index contributed by atoms with van der Waals surface area (Å²) in [6.45, 7) is 0.325. The number of nitrogens with one attached hydrogen (secondary N) is 2. The quantitative estimate of drug-likeness (QED) is 0.555. The van der Waals surface area contributed by atoms with Crippen molar-refractivity contribution in [1.29, 1.82) is 5.26 Å². The SMILES string of the molecule is N#C/C(=C/NCc1ccc(F)cc1)C(=O)Nc1ccc(C(=O)O)cc1. The van der Waals surface area contributed by atoms with Crippen molar-refractivity contribution >= 4 is 17.6 Å². The van der Waals surface area contributed by atoms with E-state index in [1.165, 1.54) is 42.6 Å². The summed E-state index contributed by atoms with van der Waals surface area (Å²) in [5.41, 5.74) is 1.11. The molecule has 0 saturated heterocycles. The molecule has 0 heterocycles. The second-order valence-corrected chi connectivity index (χ2v) is 5.01. The zero-order valence-electron chi connectivity index (χ0n) is 13.0. The van der Waals surface area contributed by atoms with Crippen molar-refractivity contribution in [2.45, 2.75) is 6.54 Å². The van der Waals surface area contributed by atoms with E-state index in [0.717, 1.165) is 5.56 Å². The minimum Gasteiger partial charge on any atom is -0.478 e. The van der Waals surface area contributed by atoms with Crippen molar-refractivity contribution in [2.75, 3.05) is 5.32 Å². The Bertz CT molecular complexity index is 837. The van der Waals surface area contributed by atoms with Gasteiger partial charge >= 0.3 is 5.97 Å². The van der Waals surface area contributed by atoms with Gasteiger partial charge in [-0.1, -0.05) is 12.1 Å². The molecule has 0 aliphatic rings. The topological polar surface area (TPSA) is 102 Å². The molecule has 0 aliphatic carbocycles. The normalized spacial score (nSPS) is 10.6. The number of halogens is 1. The van der Waals surface area contributed by atoms with Gasteiger partial charge in [0.25, 0.3) is 5.91 Å². The molecular formula is C18H14FN3O3. The van der Waals surface area contributed by atoms with Crippen LogP contribution in [0.3, 0.4) is 0 Å². The standard InChI is InChI=1S/C18H14FN3O3/c19-15-5-1-12(2-6-15)10-21-11-14(9-20)17(23)22-16-7-3-13(4-8-16)18(24)25/h1-8,11,21H,10H2,(H,22,23)(H,24,25)/b14-11-. The Hall–Kier alpha value is -3.66. The van der Waals surface area contributed by atoms with Gasteiger partial charge in [0.2, 0.25) is 0 Å². The van der Waals surface area contributed by atoms with E-state index >= 15 is 0 Å². The van der Waals surface area contributed by atoms with E-state index in [-0.39, 0.29) is 17.0 Å². The van der Waals surface area contributed by atoms with E-state index in [2.05, 4.69) is 10.6 Å². The Balaban J connectivity index is 1.96. The molecule has 25 heavy (non-hydrogen) atoms. The highest BCUT2D eigenvalue weighted by Crippen LogP contribution is 2.11. The van der Waals surface area contributed by atoms with Crippen molar-refractivity contribution in [1.82, 2.24) is 5.32 Å². The maximum absolute atomic E-state index is 12.8. The van der Waals surface area contributed by atoms with Crippen molar-refractivity contribution in [3.8, 4) is 6.07 Å². The van der Waals surface area contributed by atoms with E-state index in [1.807, 2.05) is 0 Å². The molecule has 0 aromatic heterocycles. The van der Waals surface area contributed by atoms with Crippen molar-refractivity contribution in [3.05, 3.63) is 77.2 Å². The largest absolute Gasteiger partial charge is 0.478 e. The number of anilines is 1. The number of hydrogen-bond donors (Lipinski definition) is 3. The van der Waals surface area contributed by atoms with Crippen LogP contribution in [0.5, 0.6) is 0 Å².